The molecule has 0 bridgehead atoms. The van der Waals surface area contributed by atoms with Crippen LogP contribution >= 0.6 is 0 Å². The van der Waals surface area contributed by atoms with E-state index in [2.05, 4.69) is 38.1 Å². The normalized spacial score (nSPS) is 10.2. The molecule has 1 radical (unpaired) electrons. The van der Waals surface area contributed by atoms with Crippen LogP contribution in [0.3, 0.4) is 0 Å². The number of benzene rings is 1. The highest BCUT2D eigenvalue weighted by molar-refractivity contribution is 5.24. The molecule has 0 fully saturated rings. The monoisotopic (exact) mass is 161 g/mol. The Balaban J connectivity index is 2.37. The summed E-state index contributed by atoms with van der Waals surface area (Å²) >= 11 is 0. The van der Waals surface area contributed by atoms with Crippen LogP contribution in [-0.2, 0) is 6.42 Å². The van der Waals surface area contributed by atoms with Crippen LogP contribution in [0.2, 0.25) is 0 Å². The smallest absolute Gasteiger partial charge is 0.0238 e. The van der Waals surface area contributed by atoms with Crippen molar-refractivity contribution in [1.82, 2.24) is 0 Å². The molecule has 0 aliphatic carbocycles. The summed E-state index contributed by atoms with van der Waals surface area (Å²) in [5.41, 5.74) is 2.55. The second kappa shape index (κ2) is 4.97. The highest BCUT2D eigenvalue weighted by Crippen LogP contribution is 2.07. The fourth-order valence-electron chi connectivity index (χ4n) is 1.29. The topological polar surface area (TPSA) is 0 Å². The lowest BCUT2D eigenvalue weighted by molar-refractivity contribution is 0.717. The molecule has 0 N–H and O–H groups in total. The van der Waals surface area contributed by atoms with Crippen LogP contribution in [0.1, 0.15) is 37.3 Å². The van der Waals surface area contributed by atoms with E-state index < -0.39 is 0 Å². The number of hydrogen-bond donors (Lipinski definition) is 0. The van der Waals surface area contributed by atoms with Crippen molar-refractivity contribution in [3.63, 3.8) is 0 Å². The van der Waals surface area contributed by atoms with Gasteiger partial charge in [-0.1, -0.05) is 44.0 Å². The summed E-state index contributed by atoms with van der Waals surface area (Å²) < 4.78 is 0. The van der Waals surface area contributed by atoms with Gasteiger partial charge in [0.1, 0.15) is 0 Å². The maximum atomic E-state index is 3.86. The molecular weight excluding hydrogens is 144 g/mol. The van der Waals surface area contributed by atoms with Crippen molar-refractivity contribution in [1.29, 1.82) is 0 Å². The zero-order valence-corrected chi connectivity index (χ0v) is 7.84. The van der Waals surface area contributed by atoms with Crippen molar-refractivity contribution in [2.45, 2.75) is 32.6 Å². The molecule has 65 valence electrons. The first-order valence-corrected chi connectivity index (χ1v) is 4.74. The van der Waals surface area contributed by atoms with Gasteiger partial charge in [-0.3, -0.25) is 0 Å². The van der Waals surface area contributed by atoms with Crippen LogP contribution in [0.25, 0.3) is 0 Å². The van der Waals surface area contributed by atoms with Gasteiger partial charge in [-0.25, -0.2) is 0 Å². The van der Waals surface area contributed by atoms with E-state index in [4.69, 9.17) is 0 Å². The number of hydrogen-bond acceptors (Lipinski definition) is 0. The highest BCUT2D eigenvalue weighted by atomic mass is 14.0. The van der Waals surface area contributed by atoms with E-state index >= 15 is 0 Å². The molecule has 1 rings (SSSR count). The molecule has 0 saturated heterocycles. The Hall–Kier alpha value is -0.780. The maximum Gasteiger partial charge on any atom is -0.0238 e. The van der Waals surface area contributed by atoms with Crippen molar-refractivity contribution >= 4 is 0 Å². The van der Waals surface area contributed by atoms with Gasteiger partial charge in [0, 0.05) is 0 Å². The van der Waals surface area contributed by atoms with Gasteiger partial charge in [0.25, 0.3) is 0 Å². The highest BCUT2D eigenvalue weighted by Gasteiger charge is 1.91. The molecular formula is C12H17. The van der Waals surface area contributed by atoms with Crippen LogP contribution < -0.4 is 0 Å². The fraction of sp³-hybridized carbons (Fsp3) is 0.417. The molecule has 0 unspecified atom stereocenters. The van der Waals surface area contributed by atoms with E-state index in [1.807, 2.05) is 0 Å². The van der Waals surface area contributed by atoms with Crippen molar-refractivity contribution in [2.75, 3.05) is 0 Å². The number of unbranched alkanes of at least 4 members (excludes halogenated alkanes) is 2. The summed E-state index contributed by atoms with van der Waals surface area (Å²) in [5.74, 6) is 0. The maximum absolute atomic E-state index is 3.86. The van der Waals surface area contributed by atoms with Crippen molar-refractivity contribution in [2.24, 2.45) is 0 Å². The lowest BCUT2D eigenvalue weighted by Crippen LogP contribution is -1.84. The van der Waals surface area contributed by atoms with Gasteiger partial charge in [0.05, 0.1) is 0 Å². The first-order chi connectivity index (χ1) is 5.83. The van der Waals surface area contributed by atoms with Gasteiger partial charge in [-0.15, -0.1) is 0 Å². The van der Waals surface area contributed by atoms with Crippen LogP contribution in [0.15, 0.2) is 24.3 Å². The van der Waals surface area contributed by atoms with Crippen LogP contribution in [0.4, 0.5) is 0 Å². The van der Waals surface area contributed by atoms with E-state index in [1.54, 1.807) is 0 Å². The molecule has 0 atom stereocenters. The summed E-state index contributed by atoms with van der Waals surface area (Å²) in [6, 6.07) is 8.53. The van der Waals surface area contributed by atoms with Gasteiger partial charge in [0.2, 0.25) is 0 Å². The number of aryl methyl sites for hydroxylation is 1. The third-order valence-corrected chi connectivity index (χ3v) is 2.09. The standard InChI is InChI=1S/C12H17/c1-3-4-5-6-12-9-7-11(2)8-10-12/h7-10H,2-6H2,1H3. The molecule has 12 heavy (non-hydrogen) atoms. The fourth-order valence-corrected chi connectivity index (χ4v) is 1.29. The first-order valence-electron chi connectivity index (χ1n) is 4.74. The lowest BCUT2D eigenvalue weighted by atomic mass is 10.1. The quantitative estimate of drug-likeness (QED) is 0.592. The van der Waals surface area contributed by atoms with E-state index in [9.17, 15) is 0 Å². The molecule has 0 amide bonds. The van der Waals surface area contributed by atoms with Gasteiger partial charge in [0.15, 0.2) is 0 Å². The zero-order valence-electron chi connectivity index (χ0n) is 7.84. The van der Waals surface area contributed by atoms with Crippen molar-refractivity contribution < 1.29 is 0 Å². The minimum atomic E-state index is 1.11. The predicted molar refractivity (Wildman–Crippen MR) is 54.1 cm³/mol. The summed E-state index contributed by atoms with van der Waals surface area (Å²) in [5, 5.41) is 0. The van der Waals surface area contributed by atoms with Crippen LogP contribution in [0.5, 0.6) is 0 Å². The minimum absolute atomic E-state index is 1.11. The molecule has 1 aromatic carbocycles. The average molecular weight is 161 g/mol. The zero-order chi connectivity index (χ0) is 8.81. The lowest BCUT2D eigenvalue weighted by Gasteiger charge is -2.00. The molecule has 0 aromatic heterocycles. The number of rotatable bonds is 4. The molecule has 0 nitrogen and oxygen atoms in total. The molecule has 1 aromatic rings. The van der Waals surface area contributed by atoms with E-state index in [0.717, 1.165) is 5.56 Å². The Bertz CT molecular complexity index is 208. The Morgan fingerprint density at radius 2 is 1.75 bits per heavy atom. The molecule has 0 aliphatic rings. The van der Waals surface area contributed by atoms with E-state index in [-0.39, 0.29) is 0 Å². The molecule has 0 heterocycles. The third kappa shape index (κ3) is 3.08. The molecule has 0 heteroatoms. The predicted octanol–water partition coefficient (Wildman–Crippen LogP) is 3.60. The summed E-state index contributed by atoms with van der Waals surface area (Å²) in [7, 11) is 0. The second-order valence-corrected chi connectivity index (χ2v) is 3.27. The molecule has 0 saturated carbocycles. The largest absolute Gasteiger partial charge is 0.0654 e. The molecule has 0 spiro atoms. The summed E-state index contributed by atoms with van der Waals surface area (Å²) in [6.07, 6.45) is 5.17. The van der Waals surface area contributed by atoms with E-state index in [1.165, 1.54) is 31.2 Å². The SMILES string of the molecule is [CH2]c1ccc(CCCCC)cc1. The average Bonchev–Trinajstić information content (AvgIpc) is 2.09. The van der Waals surface area contributed by atoms with Crippen molar-refractivity contribution in [3.8, 4) is 0 Å². The summed E-state index contributed by atoms with van der Waals surface area (Å²) in [6.45, 7) is 6.09. The van der Waals surface area contributed by atoms with E-state index in [0.29, 0.717) is 0 Å². The Morgan fingerprint density at radius 3 is 2.33 bits per heavy atom. The van der Waals surface area contributed by atoms with Gasteiger partial charge < -0.3 is 0 Å². The Labute approximate surface area is 75.6 Å². The minimum Gasteiger partial charge on any atom is -0.0654 e. The Kier molecular flexibility index (Phi) is 3.86. The van der Waals surface area contributed by atoms with Crippen molar-refractivity contribution in [3.05, 3.63) is 42.3 Å². The Morgan fingerprint density at radius 1 is 1.08 bits per heavy atom. The summed E-state index contributed by atoms with van der Waals surface area (Å²) in [4.78, 5) is 0. The second-order valence-electron chi connectivity index (χ2n) is 3.27. The van der Waals surface area contributed by atoms with Gasteiger partial charge in [-0.2, -0.15) is 0 Å². The first kappa shape index (κ1) is 9.31. The van der Waals surface area contributed by atoms with Crippen LogP contribution in [-0.4, -0.2) is 0 Å². The van der Waals surface area contributed by atoms with Gasteiger partial charge in [-0.05, 0) is 30.9 Å². The molecule has 0 aliphatic heterocycles. The van der Waals surface area contributed by atoms with Gasteiger partial charge >= 0.3 is 0 Å². The van der Waals surface area contributed by atoms with Crippen LogP contribution in [0, 0.1) is 6.92 Å². The third-order valence-electron chi connectivity index (χ3n) is 2.09.